The Labute approximate surface area is 128 Å². The molecule has 110 valence electrons. The van der Waals surface area contributed by atoms with Crippen molar-refractivity contribution in [2.45, 2.75) is 13.8 Å². The molecule has 0 unspecified atom stereocenters. The van der Waals surface area contributed by atoms with Crippen LogP contribution in [-0.4, -0.2) is 17.6 Å². The van der Waals surface area contributed by atoms with Crippen molar-refractivity contribution in [3.63, 3.8) is 0 Å². The molecule has 21 heavy (non-hydrogen) atoms. The average molecular weight is 306 g/mol. The zero-order valence-electron chi connectivity index (χ0n) is 11.8. The molecule has 0 saturated heterocycles. The minimum absolute atomic E-state index is 0.118. The number of nitrogens with one attached hydrogen (secondary N) is 1. The summed E-state index contributed by atoms with van der Waals surface area (Å²) in [4.78, 5) is 12.3. The molecule has 0 radical (unpaired) electrons. The number of carbonyl (C=O) groups excluding carboxylic acids is 1. The first-order valence-corrected chi connectivity index (χ1v) is 6.93. The number of aromatic hydroxyl groups is 1. The van der Waals surface area contributed by atoms with Gasteiger partial charge in [-0.15, -0.1) is 0 Å². The largest absolute Gasteiger partial charge is 0.507 e. The van der Waals surface area contributed by atoms with Crippen LogP contribution in [0.15, 0.2) is 36.4 Å². The summed E-state index contributed by atoms with van der Waals surface area (Å²) in [5.74, 6) is -0.205. The number of rotatable bonds is 4. The molecule has 0 spiro atoms. The van der Waals surface area contributed by atoms with Crippen LogP contribution in [0.1, 0.15) is 22.8 Å². The van der Waals surface area contributed by atoms with Gasteiger partial charge in [0.05, 0.1) is 6.61 Å². The van der Waals surface area contributed by atoms with Crippen LogP contribution in [0.25, 0.3) is 0 Å². The minimum Gasteiger partial charge on any atom is -0.507 e. The highest BCUT2D eigenvalue weighted by Gasteiger charge is 2.17. The molecule has 0 bridgehead atoms. The van der Waals surface area contributed by atoms with Crippen molar-refractivity contribution in [2.75, 3.05) is 11.9 Å². The van der Waals surface area contributed by atoms with E-state index in [1.165, 1.54) is 6.07 Å². The van der Waals surface area contributed by atoms with E-state index in [-0.39, 0.29) is 11.3 Å². The summed E-state index contributed by atoms with van der Waals surface area (Å²) in [7, 11) is 0. The van der Waals surface area contributed by atoms with Gasteiger partial charge in [-0.05, 0) is 49.7 Å². The zero-order chi connectivity index (χ0) is 15.4. The summed E-state index contributed by atoms with van der Waals surface area (Å²) in [6.45, 7) is 4.07. The zero-order valence-corrected chi connectivity index (χ0v) is 12.6. The Morgan fingerprint density at radius 1 is 1.33 bits per heavy atom. The molecule has 0 aliphatic rings. The molecule has 0 atom stereocenters. The molecule has 0 fully saturated rings. The summed E-state index contributed by atoms with van der Waals surface area (Å²) in [6, 6.07) is 9.90. The lowest BCUT2D eigenvalue weighted by atomic mass is 10.1. The van der Waals surface area contributed by atoms with Crippen molar-refractivity contribution in [2.24, 2.45) is 0 Å². The van der Waals surface area contributed by atoms with Crippen molar-refractivity contribution < 1.29 is 14.6 Å². The van der Waals surface area contributed by atoms with Gasteiger partial charge in [-0.25, -0.2) is 0 Å². The molecule has 2 N–H and O–H groups in total. The van der Waals surface area contributed by atoms with E-state index in [4.69, 9.17) is 16.3 Å². The number of anilines is 1. The number of halogens is 1. The van der Waals surface area contributed by atoms with Crippen LogP contribution in [0.2, 0.25) is 5.02 Å². The van der Waals surface area contributed by atoms with E-state index in [0.29, 0.717) is 23.1 Å². The van der Waals surface area contributed by atoms with E-state index < -0.39 is 5.91 Å². The van der Waals surface area contributed by atoms with Gasteiger partial charge in [0, 0.05) is 10.7 Å². The van der Waals surface area contributed by atoms with Crippen LogP contribution >= 0.6 is 11.6 Å². The Kier molecular flexibility index (Phi) is 4.70. The SMILES string of the molecule is CCOc1cccc(O)c1C(=O)Nc1ccc(Cl)c(C)c1. The van der Waals surface area contributed by atoms with E-state index in [1.54, 1.807) is 30.3 Å². The maximum absolute atomic E-state index is 12.3. The number of benzene rings is 2. The third-order valence-electron chi connectivity index (χ3n) is 2.95. The fraction of sp³-hybridized carbons (Fsp3) is 0.188. The van der Waals surface area contributed by atoms with Crippen LogP contribution in [-0.2, 0) is 0 Å². The Morgan fingerprint density at radius 2 is 2.10 bits per heavy atom. The first-order chi connectivity index (χ1) is 10.0. The smallest absolute Gasteiger partial charge is 0.263 e. The topological polar surface area (TPSA) is 58.6 Å². The Hall–Kier alpha value is -2.20. The maximum atomic E-state index is 12.3. The van der Waals surface area contributed by atoms with Crippen molar-refractivity contribution in [3.05, 3.63) is 52.5 Å². The number of carbonyl (C=O) groups is 1. The van der Waals surface area contributed by atoms with Crippen LogP contribution in [0.3, 0.4) is 0 Å². The van der Waals surface area contributed by atoms with Gasteiger partial charge < -0.3 is 15.2 Å². The maximum Gasteiger partial charge on any atom is 0.263 e. The standard InChI is InChI=1S/C16H16ClNO3/c1-3-21-14-6-4-5-13(19)15(14)16(20)18-11-7-8-12(17)10(2)9-11/h4-9,19H,3H2,1-2H3,(H,18,20). The van der Waals surface area contributed by atoms with Gasteiger partial charge in [0.15, 0.2) is 0 Å². The molecule has 2 rings (SSSR count). The molecule has 4 nitrogen and oxygen atoms in total. The number of aryl methyl sites for hydroxylation is 1. The van der Waals surface area contributed by atoms with Crippen LogP contribution in [0, 0.1) is 6.92 Å². The molecule has 0 saturated carbocycles. The van der Waals surface area contributed by atoms with Crippen LogP contribution in [0.5, 0.6) is 11.5 Å². The summed E-state index contributed by atoms with van der Waals surface area (Å²) < 4.78 is 5.38. The summed E-state index contributed by atoms with van der Waals surface area (Å²) in [5.41, 5.74) is 1.58. The van der Waals surface area contributed by atoms with Gasteiger partial charge in [0.25, 0.3) is 5.91 Å². The average Bonchev–Trinajstić information content (AvgIpc) is 2.43. The summed E-state index contributed by atoms with van der Waals surface area (Å²) >= 11 is 5.95. The van der Waals surface area contributed by atoms with Gasteiger partial charge in [-0.2, -0.15) is 0 Å². The lowest BCUT2D eigenvalue weighted by molar-refractivity contribution is 0.102. The second-order valence-electron chi connectivity index (χ2n) is 4.50. The molecule has 0 aliphatic carbocycles. The lowest BCUT2D eigenvalue weighted by Crippen LogP contribution is -2.14. The van der Waals surface area contributed by atoms with E-state index in [0.717, 1.165) is 5.56 Å². The lowest BCUT2D eigenvalue weighted by Gasteiger charge is -2.12. The normalized spacial score (nSPS) is 10.2. The van der Waals surface area contributed by atoms with E-state index in [9.17, 15) is 9.90 Å². The molecule has 0 aliphatic heterocycles. The second-order valence-corrected chi connectivity index (χ2v) is 4.91. The monoisotopic (exact) mass is 305 g/mol. The van der Waals surface area contributed by atoms with Crippen molar-refractivity contribution in [3.8, 4) is 11.5 Å². The molecular formula is C16H16ClNO3. The van der Waals surface area contributed by atoms with Gasteiger partial charge in [0.1, 0.15) is 17.1 Å². The third kappa shape index (κ3) is 3.47. The molecular weight excluding hydrogens is 290 g/mol. The molecule has 2 aromatic rings. The molecule has 1 amide bonds. The number of phenolic OH excluding ortho intramolecular Hbond substituents is 1. The quantitative estimate of drug-likeness (QED) is 0.897. The first kappa shape index (κ1) is 15.2. The predicted octanol–water partition coefficient (Wildman–Crippen LogP) is 4.01. The molecule has 5 heteroatoms. The predicted molar refractivity (Wildman–Crippen MR) is 83.4 cm³/mol. The molecule has 0 aromatic heterocycles. The highest BCUT2D eigenvalue weighted by molar-refractivity contribution is 6.31. The van der Waals surface area contributed by atoms with Crippen LogP contribution < -0.4 is 10.1 Å². The van der Waals surface area contributed by atoms with E-state index in [2.05, 4.69) is 5.32 Å². The van der Waals surface area contributed by atoms with E-state index in [1.807, 2.05) is 13.8 Å². The van der Waals surface area contributed by atoms with Crippen molar-refractivity contribution in [1.82, 2.24) is 0 Å². The van der Waals surface area contributed by atoms with Crippen LogP contribution in [0.4, 0.5) is 5.69 Å². The second kappa shape index (κ2) is 6.50. The van der Waals surface area contributed by atoms with E-state index >= 15 is 0 Å². The number of amides is 1. The molecule has 0 heterocycles. The highest BCUT2D eigenvalue weighted by atomic mass is 35.5. The third-order valence-corrected chi connectivity index (χ3v) is 3.37. The van der Waals surface area contributed by atoms with Gasteiger partial charge >= 0.3 is 0 Å². The Balaban J connectivity index is 2.29. The molecule has 2 aromatic carbocycles. The number of hydrogen-bond donors (Lipinski definition) is 2. The Morgan fingerprint density at radius 3 is 2.76 bits per heavy atom. The fourth-order valence-electron chi connectivity index (χ4n) is 1.94. The fourth-order valence-corrected chi connectivity index (χ4v) is 2.06. The first-order valence-electron chi connectivity index (χ1n) is 6.55. The van der Waals surface area contributed by atoms with Gasteiger partial charge in [0.2, 0.25) is 0 Å². The summed E-state index contributed by atoms with van der Waals surface area (Å²) in [5, 5.41) is 13.3. The Bertz CT molecular complexity index is 671. The minimum atomic E-state index is -0.432. The van der Waals surface area contributed by atoms with Gasteiger partial charge in [-0.1, -0.05) is 17.7 Å². The number of ether oxygens (including phenoxy) is 1. The highest BCUT2D eigenvalue weighted by Crippen LogP contribution is 2.29. The number of hydrogen-bond acceptors (Lipinski definition) is 3. The van der Waals surface area contributed by atoms with Crippen molar-refractivity contribution in [1.29, 1.82) is 0 Å². The number of phenols is 1. The van der Waals surface area contributed by atoms with Crippen molar-refractivity contribution >= 4 is 23.2 Å². The summed E-state index contributed by atoms with van der Waals surface area (Å²) in [6.07, 6.45) is 0. The van der Waals surface area contributed by atoms with Gasteiger partial charge in [-0.3, -0.25) is 4.79 Å².